The summed E-state index contributed by atoms with van der Waals surface area (Å²) in [6.07, 6.45) is 0. The Kier molecular flexibility index (Phi) is 17.5. The van der Waals surface area contributed by atoms with Gasteiger partial charge < -0.3 is 8.83 Å². The van der Waals surface area contributed by atoms with Gasteiger partial charge in [-0.3, -0.25) is 0 Å². The third-order valence-electron chi connectivity index (χ3n) is 22.3. The summed E-state index contributed by atoms with van der Waals surface area (Å²) in [6.45, 7) is 0. The highest BCUT2D eigenvalue weighted by Gasteiger charge is 2.23. The minimum Gasteiger partial charge on any atom is -0.452 e. The number of furan rings is 2. The lowest BCUT2D eigenvalue weighted by atomic mass is 9.91. The molecule has 0 saturated heterocycles. The third-order valence-corrected chi connectivity index (χ3v) is 22.3. The molecule has 6 nitrogen and oxygen atoms in total. The molecule has 0 N–H and O–H groups in total. The van der Waals surface area contributed by atoms with E-state index >= 15 is 0 Å². The second-order valence-corrected chi connectivity index (χ2v) is 29.6. The molecule has 0 bridgehead atoms. The Morgan fingerprint density at radius 1 is 0.138 bits per heavy atom. The molecule has 4 aromatic heterocycles. The van der Waals surface area contributed by atoms with Crippen LogP contribution >= 0.6 is 0 Å². The summed E-state index contributed by atoms with van der Waals surface area (Å²) in [5.74, 6) is 1.25. The zero-order valence-electron chi connectivity index (χ0n) is 63.0. The maximum Gasteiger partial charge on any atom is 0.180 e. The zero-order valence-corrected chi connectivity index (χ0v) is 63.0. The lowest BCUT2D eigenvalue weighted by Gasteiger charge is -2.13. The largest absolute Gasteiger partial charge is 0.452 e. The molecule has 21 rings (SSSR count). The highest BCUT2D eigenvalue weighted by atomic mass is 16.3. The van der Waals surface area contributed by atoms with Crippen LogP contribution in [0.2, 0.25) is 0 Å². The Balaban J connectivity index is 0.570. The summed E-state index contributed by atoms with van der Waals surface area (Å²) < 4.78 is 13.5. The second-order valence-electron chi connectivity index (χ2n) is 29.6. The molecule has 542 valence electrons. The number of benzene rings is 17. The van der Waals surface area contributed by atoms with Crippen LogP contribution in [0, 0.1) is 0 Å². The molecular formula is C110H70N4O2. The summed E-state index contributed by atoms with van der Waals surface area (Å²) in [5, 5.41) is 1.87. The van der Waals surface area contributed by atoms with Gasteiger partial charge in [-0.15, -0.1) is 0 Å². The molecule has 21 aromatic rings. The molecule has 0 fully saturated rings. The molecule has 0 aliphatic heterocycles. The first-order chi connectivity index (χ1) is 57.4. The molecule has 4 heterocycles. The Morgan fingerprint density at radius 3 is 0.776 bits per heavy atom. The maximum atomic E-state index is 6.94. The lowest BCUT2D eigenvalue weighted by molar-refractivity contribution is 0.667. The normalized spacial score (nSPS) is 11.4. The van der Waals surface area contributed by atoms with Crippen molar-refractivity contribution in [3.05, 3.63) is 425 Å². The van der Waals surface area contributed by atoms with Crippen LogP contribution in [0.3, 0.4) is 0 Å². The molecule has 0 saturated carbocycles. The first-order valence-corrected chi connectivity index (χ1v) is 39.3. The van der Waals surface area contributed by atoms with Crippen molar-refractivity contribution in [1.29, 1.82) is 0 Å². The molecular weight excluding hydrogens is 1410 g/mol. The maximum absolute atomic E-state index is 6.94. The van der Waals surface area contributed by atoms with Crippen molar-refractivity contribution in [2.75, 3.05) is 0 Å². The van der Waals surface area contributed by atoms with Gasteiger partial charge in [0.25, 0.3) is 0 Å². The summed E-state index contributed by atoms with van der Waals surface area (Å²) >= 11 is 0. The number of rotatable bonds is 16. The van der Waals surface area contributed by atoms with Crippen LogP contribution in [-0.2, 0) is 0 Å². The second kappa shape index (κ2) is 29.6. The Labute approximate surface area is 672 Å². The van der Waals surface area contributed by atoms with Crippen molar-refractivity contribution in [1.82, 2.24) is 19.9 Å². The van der Waals surface area contributed by atoms with Crippen LogP contribution in [0.25, 0.3) is 223 Å². The molecule has 0 aliphatic carbocycles. The Morgan fingerprint density at radius 2 is 0.362 bits per heavy atom. The van der Waals surface area contributed by atoms with Crippen LogP contribution in [0.5, 0.6) is 0 Å². The predicted octanol–water partition coefficient (Wildman–Crippen LogP) is 29.7. The first-order valence-electron chi connectivity index (χ1n) is 39.3. The topological polar surface area (TPSA) is 77.8 Å². The van der Waals surface area contributed by atoms with Crippen LogP contribution in [0.4, 0.5) is 0 Å². The molecule has 0 unspecified atom stereocenters. The van der Waals surface area contributed by atoms with Crippen LogP contribution in [-0.4, -0.2) is 19.9 Å². The fourth-order valence-corrected chi connectivity index (χ4v) is 16.3. The van der Waals surface area contributed by atoms with Gasteiger partial charge in [-0.2, -0.15) is 0 Å². The van der Waals surface area contributed by atoms with Crippen LogP contribution < -0.4 is 0 Å². The van der Waals surface area contributed by atoms with Gasteiger partial charge in [0.05, 0.1) is 0 Å². The number of fused-ring (bicyclic) bond motifs is 6. The van der Waals surface area contributed by atoms with E-state index in [0.29, 0.717) is 22.8 Å². The van der Waals surface area contributed by atoms with E-state index in [0.717, 1.165) is 183 Å². The average molecular weight is 1480 g/mol. The monoisotopic (exact) mass is 1480 g/mol. The Hall–Kier alpha value is -15.5. The fourth-order valence-electron chi connectivity index (χ4n) is 16.3. The molecule has 17 aromatic carbocycles. The highest BCUT2D eigenvalue weighted by molar-refractivity contribution is 6.09. The summed E-state index contributed by atoms with van der Waals surface area (Å²) in [6, 6.07) is 151. The predicted molar refractivity (Wildman–Crippen MR) is 479 cm³/mol. The van der Waals surface area contributed by atoms with Gasteiger partial charge in [0.2, 0.25) is 0 Å². The Bertz CT molecular complexity index is 7280. The van der Waals surface area contributed by atoms with Gasteiger partial charge in [0.1, 0.15) is 33.6 Å². The SMILES string of the molecule is c1ccc(-c2ccc(-c3cc(-c4ccccc4)cc(-c4cccc(-c5cccc(-c6nc(-c7ccccc7)c7oc8cc(-c9cccc(-c%10ccc(-c%11cc(-c%12ccccc%12)cc(-c%12cccc(-c%13cccc(-c%14nc(-c%15cccc(-c%16ccccc%16)c%15)c%15oc%16ccccc%16c%15n%14)c%13)c%12)c%11)cc%10)c9)ccc8c7n6)c5)c4)c3)cc2)cc1. The van der Waals surface area contributed by atoms with Gasteiger partial charge in [-0.25, -0.2) is 19.9 Å². The minimum absolute atomic E-state index is 0.620. The molecule has 116 heavy (non-hydrogen) atoms. The zero-order chi connectivity index (χ0) is 76.8. The van der Waals surface area contributed by atoms with E-state index in [4.69, 9.17) is 28.8 Å². The summed E-state index contributed by atoms with van der Waals surface area (Å²) in [7, 11) is 0. The number of nitrogens with zero attached hydrogens (tertiary/aromatic N) is 4. The fraction of sp³-hybridized carbons (Fsp3) is 0. The number of aromatic nitrogens is 4. The van der Waals surface area contributed by atoms with E-state index in [1.54, 1.807) is 0 Å². The summed E-state index contributed by atoms with van der Waals surface area (Å²) in [4.78, 5) is 21.4. The average Bonchev–Trinajstić information content (AvgIpc) is 1.58. The number of para-hydroxylation sites is 1. The molecule has 0 amide bonds. The van der Waals surface area contributed by atoms with Gasteiger partial charge in [0, 0.05) is 33.0 Å². The van der Waals surface area contributed by atoms with Crippen molar-refractivity contribution < 1.29 is 8.83 Å². The lowest BCUT2D eigenvalue weighted by Crippen LogP contribution is -1.94. The van der Waals surface area contributed by atoms with Crippen molar-refractivity contribution in [2.24, 2.45) is 0 Å². The summed E-state index contributed by atoms with van der Waals surface area (Å²) in [5.41, 5.74) is 36.5. The van der Waals surface area contributed by atoms with Crippen molar-refractivity contribution in [2.45, 2.75) is 0 Å². The van der Waals surface area contributed by atoms with Crippen molar-refractivity contribution in [3.63, 3.8) is 0 Å². The quantitative estimate of drug-likeness (QED) is 0.0959. The smallest absolute Gasteiger partial charge is 0.180 e. The molecule has 0 atom stereocenters. The van der Waals surface area contributed by atoms with Crippen LogP contribution in [0.1, 0.15) is 0 Å². The van der Waals surface area contributed by atoms with E-state index in [9.17, 15) is 0 Å². The molecule has 0 radical (unpaired) electrons. The van der Waals surface area contributed by atoms with Gasteiger partial charge in [0.15, 0.2) is 22.8 Å². The number of hydrogen-bond donors (Lipinski definition) is 0. The molecule has 0 spiro atoms. The van der Waals surface area contributed by atoms with Gasteiger partial charge >= 0.3 is 0 Å². The van der Waals surface area contributed by atoms with Gasteiger partial charge in [-0.1, -0.05) is 328 Å². The molecule has 0 aliphatic rings. The number of hydrogen-bond acceptors (Lipinski definition) is 6. The van der Waals surface area contributed by atoms with E-state index < -0.39 is 0 Å². The van der Waals surface area contributed by atoms with Crippen LogP contribution in [0.15, 0.2) is 433 Å². The van der Waals surface area contributed by atoms with Crippen molar-refractivity contribution >= 4 is 44.1 Å². The molecule has 6 heteroatoms. The first kappa shape index (κ1) is 68.5. The van der Waals surface area contributed by atoms with E-state index in [-0.39, 0.29) is 0 Å². The van der Waals surface area contributed by atoms with E-state index in [1.807, 2.05) is 42.5 Å². The minimum atomic E-state index is 0.620. The standard InChI is InChI=1S/C110H70N4O2/c1-6-24-71(25-7-1)75-48-52-77(53-49-75)95-64-93(73-28-10-3-11-29-73)66-97(68-95)87-41-19-36-82(59-87)85-39-22-44-91(62-85)109-111-103(79-32-14-5-15-33-79)107-106(114-109)100-57-56-89(70-102(100)116-107)84-38-18-34-80(58-84)76-50-54-78(55-51-76)96-65-94(74-30-12-4-13-31-74)67-98(69-96)88-42-20-37-83(60-88)86-40-23-45-92(63-86)110-112-104(108-105(113-110)99-46-16-17-47-101(99)115-108)90-43-21-35-81(61-90)72-26-8-2-9-27-72/h1-70H. The van der Waals surface area contributed by atoms with Crippen molar-refractivity contribution in [3.8, 4) is 179 Å². The van der Waals surface area contributed by atoms with Gasteiger partial charge in [-0.05, 0) is 231 Å². The van der Waals surface area contributed by atoms with E-state index in [1.165, 1.54) is 16.7 Å². The van der Waals surface area contributed by atoms with E-state index in [2.05, 4.69) is 382 Å². The highest BCUT2D eigenvalue weighted by Crippen LogP contribution is 2.44. The third kappa shape index (κ3) is 13.4.